The maximum atomic E-state index is 10.1. The van der Waals surface area contributed by atoms with Crippen LogP contribution in [0.25, 0.3) is 0 Å². The van der Waals surface area contributed by atoms with Crippen molar-refractivity contribution in [3.63, 3.8) is 0 Å². The summed E-state index contributed by atoms with van der Waals surface area (Å²) >= 11 is 1.75. The summed E-state index contributed by atoms with van der Waals surface area (Å²) in [5.41, 5.74) is 0.891. The zero-order valence-electron chi connectivity index (χ0n) is 5.99. The number of aromatic nitrogens is 2. The van der Waals surface area contributed by atoms with Crippen LogP contribution >= 0.6 is 11.8 Å². The van der Waals surface area contributed by atoms with Crippen LogP contribution in [0.3, 0.4) is 0 Å². The number of nitrogens with zero attached hydrogens (tertiary/aromatic N) is 2. The Balaban J connectivity index is 2.27. The number of rotatable bonds is 2. The molecule has 1 aliphatic rings. The van der Waals surface area contributed by atoms with Crippen molar-refractivity contribution >= 4 is 18.0 Å². The molecule has 2 rings (SSSR count). The van der Waals surface area contributed by atoms with Gasteiger partial charge in [-0.2, -0.15) is 0 Å². The first-order valence-electron chi connectivity index (χ1n) is 3.52. The monoisotopic (exact) mass is 168 g/mol. The highest BCUT2D eigenvalue weighted by molar-refractivity contribution is 7.99. The zero-order valence-corrected chi connectivity index (χ0v) is 6.80. The molecule has 0 fully saturated rings. The van der Waals surface area contributed by atoms with Crippen LogP contribution in [0.1, 0.15) is 5.69 Å². The van der Waals surface area contributed by atoms with E-state index in [1.54, 1.807) is 11.8 Å². The molecule has 1 aromatic rings. The lowest BCUT2D eigenvalue weighted by Crippen LogP contribution is -1.90. The lowest BCUT2D eigenvalue weighted by molar-refractivity contribution is -0.107. The maximum absolute atomic E-state index is 10.1. The fourth-order valence-electron chi connectivity index (χ4n) is 1.15. The Kier molecular flexibility index (Phi) is 1.69. The molecule has 11 heavy (non-hydrogen) atoms. The highest BCUT2D eigenvalue weighted by atomic mass is 32.2. The van der Waals surface area contributed by atoms with Crippen LogP contribution in [0.4, 0.5) is 0 Å². The van der Waals surface area contributed by atoms with E-state index in [2.05, 4.69) is 9.55 Å². The van der Waals surface area contributed by atoms with Crippen molar-refractivity contribution in [2.75, 3.05) is 5.75 Å². The highest BCUT2D eigenvalue weighted by Crippen LogP contribution is 2.24. The first kappa shape index (κ1) is 6.91. The van der Waals surface area contributed by atoms with Crippen molar-refractivity contribution in [2.24, 2.45) is 0 Å². The van der Waals surface area contributed by atoms with Crippen LogP contribution in [0, 0.1) is 0 Å². The Morgan fingerprint density at radius 3 is 3.45 bits per heavy atom. The molecular weight excluding hydrogens is 160 g/mol. The van der Waals surface area contributed by atoms with Gasteiger partial charge in [0.1, 0.15) is 6.29 Å². The Morgan fingerprint density at radius 1 is 1.82 bits per heavy atom. The van der Waals surface area contributed by atoms with Crippen LogP contribution in [-0.4, -0.2) is 21.6 Å². The summed E-state index contributed by atoms with van der Waals surface area (Å²) in [6.07, 6.45) is 3.30. The molecular formula is C7H8N2OS. The van der Waals surface area contributed by atoms with Gasteiger partial charge in [0.05, 0.1) is 5.69 Å². The number of thioether (sulfide) groups is 1. The van der Waals surface area contributed by atoms with Gasteiger partial charge in [0, 0.05) is 24.9 Å². The SMILES string of the molecule is O=CCc1cn2c(n1)SCC2. The van der Waals surface area contributed by atoms with Gasteiger partial charge in [-0.05, 0) is 0 Å². The van der Waals surface area contributed by atoms with Gasteiger partial charge in [-0.1, -0.05) is 11.8 Å². The average Bonchev–Trinajstić information content (AvgIpc) is 2.46. The van der Waals surface area contributed by atoms with E-state index in [1.165, 1.54) is 0 Å². The number of hydrogen-bond donors (Lipinski definition) is 0. The number of aldehydes is 1. The van der Waals surface area contributed by atoms with Gasteiger partial charge in [0.2, 0.25) is 0 Å². The molecule has 0 atom stereocenters. The predicted octanol–water partition coefficient (Wildman–Crippen LogP) is 0.730. The Labute approximate surface area is 68.8 Å². The van der Waals surface area contributed by atoms with Crippen molar-refractivity contribution in [1.82, 2.24) is 9.55 Å². The third kappa shape index (κ3) is 1.18. The standard InChI is InChI=1S/C7H8N2OS/c10-3-1-6-5-9-2-4-11-7(9)8-6/h3,5H,1-2,4H2. The van der Waals surface area contributed by atoms with Crippen molar-refractivity contribution in [2.45, 2.75) is 18.1 Å². The normalized spacial score (nSPS) is 14.9. The second kappa shape index (κ2) is 2.70. The van der Waals surface area contributed by atoms with E-state index in [9.17, 15) is 4.79 Å². The summed E-state index contributed by atoms with van der Waals surface area (Å²) in [4.78, 5) is 14.4. The fraction of sp³-hybridized carbons (Fsp3) is 0.429. The Morgan fingerprint density at radius 2 is 2.73 bits per heavy atom. The minimum Gasteiger partial charge on any atom is -0.325 e. The first-order valence-corrected chi connectivity index (χ1v) is 4.51. The molecule has 1 aromatic heterocycles. The Hall–Kier alpha value is -0.770. The van der Waals surface area contributed by atoms with E-state index in [4.69, 9.17) is 0 Å². The molecule has 0 saturated carbocycles. The minimum absolute atomic E-state index is 0.445. The van der Waals surface area contributed by atoms with E-state index in [-0.39, 0.29) is 0 Å². The number of carbonyl (C=O) groups excluding carboxylic acids is 1. The molecule has 0 N–H and O–H groups in total. The van der Waals surface area contributed by atoms with Gasteiger partial charge in [0.25, 0.3) is 0 Å². The molecule has 0 spiro atoms. The van der Waals surface area contributed by atoms with Gasteiger partial charge in [-0.3, -0.25) is 0 Å². The van der Waals surface area contributed by atoms with E-state index in [0.29, 0.717) is 6.42 Å². The number of hydrogen-bond acceptors (Lipinski definition) is 3. The predicted molar refractivity (Wildman–Crippen MR) is 42.7 cm³/mol. The molecule has 0 radical (unpaired) electrons. The summed E-state index contributed by atoms with van der Waals surface area (Å²) in [6, 6.07) is 0. The van der Waals surface area contributed by atoms with Crippen LogP contribution < -0.4 is 0 Å². The van der Waals surface area contributed by atoms with Gasteiger partial charge < -0.3 is 9.36 Å². The fourth-order valence-corrected chi connectivity index (χ4v) is 2.11. The van der Waals surface area contributed by atoms with E-state index in [1.807, 2.05) is 6.20 Å². The van der Waals surface area contributed by atoms with Crippen LogP contribution in [0.5, 0.6) is 0 Å². The molecule has 3 nitrogen and oxygen atoms in total. The molecule has 58 valence electrons. The van der Waals surface area contributed by atoms with Gasteiger partial charge in [-0.15, -0.1) is 0 Å². The smallest absolute Gasteiger partial charge is 0.168 e. The lowest BCUT2D eigenvalue weighted by atomic mass is 10.4. The topological polar surface area (TPSA) is 34.9 Å². The molecule has 0 amide bonds. The third-order valence-corrected chi connectivity index (χ3v) is 2.62. The molecule has 0 aliphatic carbocycles. The molecule has 1 aliphatic heterocycles. The number of imidazole rings is 1. The van der Waals surface area contributed by atoms with Crippen molar-refractivity contribution < 1.29 is 4.79 Å². The third-order valence-electron chi connectivity index (χ3n) is 1.65. The summed E-state index contributed by atoms with van der Waals surface area (Å²) < 4.78 is 2.10. The number of fused-ring (bicyclic) bond motifs is 1. The van der Waals surface area contributed by atoms with Crippen molar-refractivity contribution in [1.29, 1.82) is 0 Å². The first-order chi connectivity index (χ1) is 5.40. The van der Waals surface area contributed by atoms with Gasteiger partial charge in [-0.25, -0.2) is 4.98 Å². The summed E-state index contributed by atoms with van der Waals surface area (Å²) in [7, 11) is 0. The second-order valence-electron chi connectivity index (χ2n) is 2.43. The largest absolute Gasteiger partial charge is 0.325 e. The minimum atomic E-state index is 0.445. The number of carbonyl (C=O) groups is 1. The highest BCUT2D eigenvalue weighted by Gasteiger charge is 2.13. The zero-order chi connectivity index (χ0) is 7.68. The van der Waals surface area contributed by atoms with Crippen LogP contribution in [0.2, 0.25) is 0 Å². The molecule has 0 bridgehead atoms. The second-order valence-corrected chi connectivity index (χ2v) is 3.49. The summed E-state index contributed by atoms with van der Waals surface area (Å²) in [5, 5.41) is 1.06. The van der Waals surface area contributed by atoms with E-state index in [0.717, 1.165) is 29.4 Å². The molecule has 0 aromatic carbocycles. The summed E-state index contributed by atoms with van der Waals surface area (Å²) in [6.45, 7) is 1.03. The molecule has 4 heteroatoms. The molecule has 0 saturated heterocycles. The average molecular weight is 168 g/mol. The van der Waals surface area contributed by atoms with Crippen molar-refractivity contribution in [3.05, 3.63) is 11.9 Å². The molecule has 0 unspecified atom stereocenters. The van der Waals surface area contributed by atoms with Crippen molar-refractivity contribution in [3.8, 4) is 0 Å². The van der Waals surface area contributed by atoms with E-state index < -0.39 is 0 Å². The van der Waals surface area contributed by atoms with Gasteiger partial charge in [0.15, 0.2) is 5.16 Å². The van der Waals surface area contributed by atoms with Crippen LogP contribution in [0.15, 0.2) is 11.4 Å². The van der Waals surface area contributed by atoms with E-state index >= 15 is 0 Å². The van der Waals surface area contributed by atoms with Gasteiger partial charge >= 0.3 is 0 Å². The summed E-state index contributed by atoms with van der Waals surface area (Å²) in [5.74, 6) is 1.11. The maximum Gasteiger partial charge on any atom is 0.168 e. The lowest BCUT2D eigenvalue weighted by Gasteiger charge is -1.87. The Bertz CT molecular complexity index is 260. The quantitative estimate of drug-likeness (QED) is 0.611. The number of aryl methyl sites for hydroxylation is 1. The van der Waals surface area contributed by atoms with Crippen LogP contribution in [-0.2, 0) is 17.8 Å². The molecule has 2 heterocycles.